The van der Waals surface area contributed by atoms with Crippen LogP contribution in [-0.4, -0.2) is 27.5 Å². The fraction of sp³-hybridized carbons (Fsp3) is 0.368. The van der Waals surface area contributed by atoms with Crippen molar-refractivity contribution in [3.05, 3.63) is 69.0 Å². The lowest BCUT2D eigenvalue weighted by molar-refractivity contribution is -0.155. The minimum absolute atomic E-state index is 0.174. The Kier molecular flexibility index (Phi) is 7.10. The first-order valence-corrected chi connectivity index (χ1v) is 8.75. The average Bonchev–Trinajstić information content (AvgIpc) is 2.64. The highest BCUT2D eigenvalue weighted by Gasteiger charge is 2.22. The van der Waals surface area contributed by atoms with Gasteiger partial charge in [-0.2, -0.15) is 0 Å². The van der Waals surface area contributed by atoms with Gasteiger partial charge in [-0.05, 0) is 18.9 Å². The topological polar surface area (TPSA) is 110 Å². The van der Waals surface area contributed by atoms with Gasteiger partial charge in [-0.25, -0.2) is 4.79 Å². The van der Waals surface area contributed by atoms with Gasteiger partial charge in [0.05, 0.1) is 6.04 Å². The van der Waals surface area contributed by atoms with E-state index in [1.54, 1.807) is 0 Å². The summed E-state index contributed by atoms with van der Waals surface area (Å²) in [5.74, 6) is -1.17. The molecule has 2 N–H and O–H groups in total. The molecule has 1 aromatic carbocycles. The molecule has 27 heavy (non-hydrogen) atoms. The fourth-order valence-electron chi connectivity index (χ4n) is 2.58. The lowest BCUT2D eigenvalue weighted by Crippen LogP contribution is -2.39. The maximum Gasteiger partial charge on any atom is 0.328 e. The predicted molar refractivity (Wildman–Crippen MR) is 99.1 cm³/mol. The van der Waals surface area contributed by atoms with E-state index in [9.17, 15) is 19.2 Å². The Morgan fingerprint density at radius 1 is 1.19 bits per heavy atom. The van der Waals surface area contributed by atoms with Gasteiger partial charge in [0.1, 0.15) is 6.54 Å². The van der Waals surface area contributed by atoms with Gasteiger partial charge in [-0.1, -0.05) is 43.7 Å². The van der Waals surface area contributed by atoms with Crippen molar-refractivity contribution < 1.29 is 14.3 Å². The molecule has 0 aliphatic heterocycles. The third-order valence-corrected chi connectivity index (χ3v) is 3.97. The molecule has 1 aromatic heterocycles. The summed E-state index contributed by atoms with van der Waals surface area (Å²) in [4.78, 5) is 49.1. The highest BCUT2D eigenvalue weighted by atomic mass is 16.5. The molecule has 1 heterocycles. The number of nitrogens with one attached hydrogen (secondary N) is 2. The van der Waals surface area contributed by atoms with E-state index in [0.29, 0.717) is 0 Å². The first kappa shape index (κ1) is 20.2. The first-order chi connectivity index (χ1) is 12.9. The van der Waals surface area contributed by atoms with Crippen molar-refractivity contribution in [1.29, 1.82) is 0 Å². The Bertz CT molecular complexity index is 888. The minimum Gasteiger partial charge on any atom is -0.451 e. The highest BCUT2D eigenvalue weighted by Crippen LogP contribution is 2.18. The van der Waals surface area contributed by atoms with Crippen LogP contribution in [0.4, 0.5) is 0 Å². The molecule has 144 valence electrons. The van der Waals surface area contributed by atoms with Crippen molar-refractivity contribution >= 4 is 11.9 Å². The van der Waals surface area contributed by atoms with E-state index in [1.165, 1.54) is 13.1 Å². The summed E-state index contributed by atoms with van der Waals surface area (Å²) in [5, 5.41) is 2.89. The van der Waals surface area contributed by atoms with Gasteiger partial charge >= 0.3 is 11.7 Å². The number of amides is 1. The van der Waals surface area contributed by atoms with E-state index in [1.807, 2.05) is 42.2 Å². The second kappa shape index (κ2) is 9.51. The molecule has 0 spiro atoms. The van der Waals surface area contributed by atoms with Crippen molar-refractivity contribution in [2.45, 2.75) is 45.4 Å². The zero-order valence-electron chi connectivity index (χ0n) is 15.3. The van der Waals surface area contributed by atoms with E-state index >= 15 is 0 Å². The van der Waals surface area contributed by atoms with Gasteiger partial charge in [0.25, 0.3) is 11.5 Å². The van der Waals surface area contributed by atoms with Crippen molar-refractivity contribution in [3.63, 3.8) is 0 Å². The molecule has 2 aromatic rings. The van der Waals surface area contributed by atoms with Crippen molar-refractivity contribution in [2.75, 3.05) is 0 Å². The molecule has 0 saturated carbocycles. The molecule has 2 rings (SSSR count). The van der Waals surface area contributed by atoms with E-state index in [4.69, 9.17) is 4.74 Å². The molecule has 1 amide bonds. The molecule has 0 aliphatic carbocycles. The van der Waals surface area contributed by atoms with Crippen LogP contribution in [0.25, 0.3) is 0 Å². The third kappa shape index (κ3) is 5.95. The zero-order valence-corrected chi connectivity index (χ0v) is 15.3. The third-order valence-electron chi connectivity index (χ3n) is 3.97. The number of hydrogen-bond acceptors (Lipinski definition) is 5. The van der Waals surface area contributed by atoms with Crippen LogP contribution in [0.15, 0.2) is 52.2 Å². The number of rotatable bonds is 8. The summed E-state index contributed by atoms with van der Waals surface area (Å²) >= 11 is 0. The van der Waals surface area contributed by atoms with Crippen LogP contribution >= 0.6 is 0 Å². The maximum absolute atomic E-state index is 12.4. The Morgan fingerprint density at radius 3 is 2.52 bits per heavy atom. The number of carbonyl (C=O) groups is 2. The summed E-state index contributed by atoms with van der Waals surface area (Å²) < 4.78 is 6.11. The summed E-state index contributed by atoms with van der Waals surface area (Å²) in [6.45, 7) is 3.09. The quantitative estimate of drug-likeness (QED) is 0.674. The second-order valence-corrected chi connectivity index (χ2v) is 6.13. The Morgan fingerprint density at radius 2 is 1.89 bits per heavy atom. The maximum atomic E-state index is 12.4. The molecule has 0 radical (unpaired) electrons. The Hall–Kier alpha value is -3.16. The number of ether oxygens (including phenoxy) is 1. The minimum atomic E-state index is -1.01. The molecule has 0 bridgehead atoms. The molecule has 0 fully saturated rings. The lowest BCUT2D eigenvalue weighted by atomic mass is 10.0. The number of carbonyl (C=O) groups excluding carboxylic acids is 2. The number of aromatic nitrogens is 2. The molecule has 8 nitrogen and oxygen atoms in total. The van der Waals surface area contributed by atoms with E-state index in [-0.39, 0.29) is 6.04 Å². The predicted octanol–water partition coefficient (Wildman–Crippen LogP) is 1.13. The lowest BCUT2D eigenvalue weighted by Gasteiger charge is -2.21. The molecular weight excluding hydrogens is 350 g/mol. The van der Waals surface area contributed by atoms with Gasteiger partial charge in [0.2, 0.25) is 0 Å². The molecule has 2 atom stereocenters. The summed E-state index contributed by atoms with van der Waals surface area (Å²) in [6.07, 6.45) is 1.81. The van der Waals surface area contributed by atoms with Crippen LogP contribution < -0.4 is 16.6 Å². The number of hydrogen-bond donors (Lipinski definition) is 2. The van der Waals surface area contributed by atoms with Crippen molar-refractivity contribution in [1.82, 2.24) is 14.9 Å². The molecule has 0 unspecified atom stereocenters. The average molecular weight is 373 g/mol. The fourth-order valence-corrected chi connectivity index (χ4v) is 2.58. The number of nitrogens with zero attached hydrogens (tertiary/aromatic N) is 1. The SMILES string of the molecule is CCC[C@H](NC(=O)[C@@H](C)OC(=O)Cn1ccc(=O)[nH]c1=O)c1ccccc1. The molecule has 8 heteroatoms. The number of benzene rings is 1. The van der Waals surface area contributed by atoms with Crippen LogP contribution in [0, 0.1) is 0 Å². The van der Waals surface area contributed by atoms with Gasteiger partial charge in [0, 0.05) is 12.3 Å². The zero-order chi connectivity index (χ0) is 19.8. The summed E-state index contributed by atoms with van der Waals surface area (Å²) in [7, 11) is 0. The first-order valence-electron chi connectivity index (χ1n) is 8.75. The largest absolute Gasteiger partial charge is 0.451 e. The van der Waals surface area contributed by atoms with Crippen molar-refractivity contribution in [2.24, 2.45) is 0 Å². The van der Waals surface area contributed by atoms with Crippen LogP contribution in [0.1, 0.15) is 38.3 Å². The number of esters is 1. The van der Waals surface area contributed by atoms with Crippen LogP contribution in [0.2, 0.25) is 0 Å². The molecule has 0 saturated heterocycles. The molecule has 0 aliphatic rings. The Labute approximate surface area is 156 Å². The standard InChI is InChI=1S/C19H23N3O5/c1-3-7-15(14-8-5-4-6-9-14)20-18(25)13(2)27-17(24)12-22-11-10-16(23)21-19(22)26/h4-6,8-11,13,15H,3,7,12H2,1-2H3,(H,20,25)(H,21,23,26)/t13-,15+/m1/s1. The Balaban J connectivity index is 1.96. The number of H-pyrrole nitrogens is 1. The number of aromatic amines is 1. The van der Waals surface area contributed by atoms with Gasteiger partial charge < -0.3 is 10.1 Å². The van der Waals surface area contributed by atoms with Gasteiger partial charge in [-0.3, -0.25) is 23.9 Å². The van der Waals surface area contributed by atoms with E-state index in [2.05, 4.69) is 5.32 Å². The summed E-state index contributed by atoms with van der Waals surface area (Å²) in [5.41, 5.74) is -0.296. The second-order valence-electron chi connectivity index (χ2n) is 6.13. The van der Waals surface area contributed by atoms with Crippen LogP contribution in [0.3, 0.4) is 0 Å². The van der Waals surface area contributed by atoms with E-state index in [0.717, 1.165) is 29.0 Å². The van der Waals surface area contributed by atoms with Gasteiger partial charge in [-0.15, -0.1) is 0 Å². The monoisotopic (exact) mass is 373 g/mol. The highest BCUT2D eigenvalue weighted by molar-refractivity contribution is 5.83. The smallest absolute Gasteiger partial charge is 0.328 e. The van der Waals surface area contributed by atoms with Crippen LogP contribution in [0.5, 0.6) is 0 Å². The van der Waals surface area contributed by atoms with Crippen LogP contribution in [-0.2, 0) is 20.9 Å². The normalized spacial score (nSPS) is 12.8. The van der Waals surface area contributed by atoms with Gasteiger partial charge in [0.15, 0.2) is 6.10 Å². The van der Waals surface area contributed by atoms with Crippen molar-refractivity contribution in [3.8, 4) is 0 Å². The van der Waals surface area contributed by atoms with E-state index < -0.39 is 35.8 Å². The summed E-state index contributed by atoms with van der Waals surface area (Å²) in [6, 6.07) is 10.5. The molecular formula is C19H23N3O5.